The number of anilines is 1. The molecule has 4 rings (SSSR count). The van der Waals surface area contributed by atoms with Crippen LogP contribution >= 0.6 is 0 Å². The van der Waals surface area contributed by atoms with Crippen molar-refractivity contribution in [3.05, 3.63) is 70.7 Å². The number of nitrogens with one attached hydrogen (secondary N) is 2. The number of H-pyrrole nitrogens is 1. The van der Waals surface area contributed by atoms with Crippen molar-refractivity contribution in [1.82, 2.24) is 10.2 Å². The van der Waals surface area contributed by atoms with Gasteiger partial charge in [0, 0.05) is 18.8 Å². The van der Waals surface area contributed by atoms with E-state index in [1.807, 2.05) is 49.4 Å². The molecule has 0 bridgehead atoms. The topological polar surface area (TPSA) is 99.3 Å². The summed E-state index contributed by atoms with van der Waals surface area (Å²) in [6.07, 6.45) is 2.66. The number of piperidine rings is 1. The number of nitrogens with zero attached hydrogens (tertiary/aromatic N) is 2. The number of aryl methyl sites for hydroxylation is 1. The molecule has 160 valence electrons. The molecule has 1 atom stereocenters. The van der Waals surface area contributed by atoms with Crippen LogP contribution in [0.25, 0.3) is 11.1 Å². The number of hydrogen-bond donors (Lipinski definition) is 2. The molecule has 1 aliphatic rings. The second-order valence-corrected chi connectivity index (χ2v) is 7.89. The van der Waals surface area contributed by atoms with Crippen LogP contribution in [0.2, 0.25) is 0 Å². The predicted octanol–water partition coefficient (Wildman–Crippen LogP) is 2.11. The van der Waals surface area contributed by atoms with Crippen LogP contribution in [0.3, 0.4) is 0 Å². The van der Waals surface area contributed by atoms with E-state index in [9.17, 15) is 14.4 Å². The highest BCUT2D eigenvalue weighted by Gasteiger charge is 2.30. The van der Waals surface area contributed by atoms with Gasteiger partial charge in [-0.1, -0.05) is 46.6 Å². The third-order valence-corrected chi connectivity index (χ3v) is 5.46. The fraction of sp³-hybridized carbons (Fsp3) is 0.304. The number of benzene rings is 2. The lowest BCUT2D eigenvalue weighted by molar-refractivity contribution is -0.751. The molecule has 2 heterocycles. The quantitative estimate of drug-likeness (QED) is 0.617. The molecule has 0 aliphatic carbocycles. The summed E-state index contributed by atoms with van der Waals surface area (Å²) in [5.74, 6) is -0.544. The molecule has 1 saturated heterocycles. The summed E-state index contributed by atoms with van der Waals surface area (Å²) < 4.78 is 5.87. The van der Waals surface area contributed by atoms with Crippen molar-refractivity contribution in [3.8, 4) is 11.1 Å². The van der Waals surface area contributed by atoms with Gasteiger partial charge in [-0.3, -0.25) is 14.1 Å². The van der Waals surface area contributed by atoms with Gasteiger partial charge in [0.05, 0.1) is 5.92 Å². The van der Waals surface area contributed by atoms with E-state index >= 15 is 0 Å². The Labute approximate surface area is 179 Å². The number of rotatable bonds is 5. The molecule has 2 aromatic carbocycles. The van der Waals surface area contributed by atoms with Gasteiger partial charge in [0.2, 0.25) is 5.91 Å². The molecule has 1 aromatic heterocycles. The Bertz CT molecular complexity index is 1150. The van der Waals surface area contributed by atoms with E-state index in [4.69, 9.17) is 0 Å². The van der Waals surface area contributed by atoms with E-state index in [-0.39, 0.29) is 24.3 Å². The number of amides is 2. The predicted molar refractivity (Wildman–Crippen MR) is 114 cm³/mol. The van der Waals surface area contributed by atoms with Gasteiger partial charge in [-0.25, -0.2) is 4.79 Å². The van der Waals surface area contributed by atoms with Gasteiger partial charge in [0.15, 0.2) is 0 Å². The van der Waals surface area contributed by atoms with E-state index < -0.39 is 5.63 Å². The second-order valence-electron chi connectivity index (χ2n) is 7.89. The Morgan fingerprint density at radius 1 is 1.19 bits per heavy atom. The maximum absolute atomic E-state index is 12.9. The average molecular weight is 421 g/mol. The number of aromatic nitrogens is 2. The zero-order valence-corrected chi connectivity index (χ0v) is 17.3. The van der Waals surface area contributed by atoms with Crippen molar-refractivity contribution in [3.63, 3.8) is 0 Å². The average Bonchev–Trinajstić information content (AvgIpc) is 3.18. The first-order valence-corrected chi connectivity index (χ1v) is 10.3. The molecule has 1 fully saturated rings. The summed E-state index contributed by atoms with van der Waals surface area (Å²) in [6, 6.07) is 16.0. The lowest BCUT2D eigenvalue weighted by Crippen LogP contribution is -2.50. The largest absolute Gasteiger partial charge is 0.426 e. The minimum atomic E-state index is -0.545. The minimum absolute atomic E-state index is 0.0292. The summed E-state index contributed by atoms with van der Waals surface area (Å²) in [7, 11) is 0. The van der Waals surface area contributed by atoms with E-state index in [1.54, 1.807) is 4.90 Å². The van der Waals surface area contributed by atoms with Gasteiger partial charge < -0.3 is 10.2 Å². The summed E-state index contributed by atoms with van der Waals surface area (Å²) >= 11 is 0. The third kappa shape index (κ3) is 5.09. The van der Waals surface area contributed by atoms with Crippen molar-refractivity contribution in [2.75, 3.05) is 18.4 Å². The highest BCUT2D eigenvalue weighted by Crippen LogP contribution is 2.25. The van der Waals surface area contributed by atoms with Crippen molar-refractivity contribution >= 4 is 17.5 Å². The smallest absolute Gasteiger partial charge is 0.336 e. The molecule has 1 unspecified atom stereocenters. The maximum Gasteiger partial charge on any atom is 0.426 e. The Hall–Kier alpha value is -3.68. The first-order chi connectivity index (χ1) is 15.0. The van der Waals surface area contributed by atoms with Crippen molar-refractivity contribution < 1.29 is 18.8 Å². The molecular weight excluding hydrogens is 396 g/mol. The van der Waals surface area contributed by atoms with Gasteiger partial charge in [0.1, 0.15) is 0 Å². The molecule has 0 saturated carbocycles. The van der Waals surface area contributed by atoms with Gasteiger partial charge in [-0.2, -0.15) is 0 Å². The van der Waals surface area contributed by atoms with Crippen LogP contribution in [-0.4, -0.2) is 35.1 Å². The van der Waals surface area contributed by atoms with Crippen LogP contribution in [0.4, 0.5) is 5.69 Å². The number of carbonyl (C=O) groups is 2. The highest BCUT2D eigenvalue weighted by molar-refractivity contribution is 5.93. The Kier molecular flexibility index (Phi) is 5.97. The Morgan fingerprint density at radius 3 is 2.71 bits per heavy atom. The SMILES string of the molecule is Cc1cccc(-c2cccc(NC(=O)C3CCCN(C(=O)C[n+]4cc(=O)o[nH]4)C3)c2)c1. The molecule has 0 spiro atoms. The van der Waals surface area contributed by atoms with Crippen LogP contribution in [0.1, 0.15) is 18.4 Å². The van der Waals surface area contributed by atoms with Crippen LogP contribution in [0, 0.1) is 12.8 Å². The number of aromatic amines is 1. The monoisotopic (exact) mass is 421 g/mol. The number of carbonyl (C=O) groups excluding carboxylic acids is 2. The van der Waals surface area contributed by atoms with Crippen molar-refractivity contribution in [2.24, 2.45) is 5.92 Å². The van der Waals surface area contributed by atoms with Crippen LogP contribution in [0.15, 0.2) is 64.0 Å². The van der Waals surface area contributed by atoms with E-state index in [2.05, 4.69) is 21.2 Å². The van der Waals surface area contributed by atoms with E-state index in [0.717, 1.165) is 29.7 Å². The van der Waals surface area contributed by atoms with E-state index in [0.29, 0.717) is 13.1 Å². The third-order valence-electron chi connectivity index (χ3n) is 5.46. The molecular formula is C23H25N4O4+. The molecule has 8 nitrogen and oxygen atoms in total. The molecule has 3 aromatic rings. The van der Waals surface area contributed by atoms with Crippen molar-refractivity contribution in [1.29, 1.82) is 0 Å². The fourth-order valence-electron chi connectivity index (χ4n) is 3.87. The van der Waals surface area contributed by atoms with Crippen LogP contribution in [-0.2, 0) is 16.1 Å². The molecule has 8 heteroatoms. The van der Waals surface area contributed by atoms with E-state index in [1.165, 1.54) is 16.4 Å². The van der Waals surface area contributed by atoms with Gasteiger partial charge >= 0.3 is 5.63 Å². The maximum atomic E-state index is 12.9. The minimum Gasteiger partial charge on any atom is -0.336 e. The number of likely N-dealkylation sites (tertiary alicyclic amines) is 1. The van der Waals surface area contributed by atoms with Crippen molar-refractivity contribution in [2.45, 2.75) is 26.3 Å². The zero-order valence-electron chi connectivity index (χ0n) is 17.3. The fourth-order valence-corrected chi connectivity index (χ4v) is 3.87. The summed E-state index contributed by atoms with van der Waals surface area (Å²) in [6.45, 7) is 2.96. The van der Waals surface area contributed by atoms with Gasteiger partial charge in [-0.15, -0.1) is 0 Å². The normalized spacial score (nSPS) is 16.2. The lowest BCUT2D eigenvalue weighted by atomic mass is 9.96. The standard InChI is InChI=1S/C23H24N4O4/c1-16-5-2-6-17(11-16)18-7-3-9-20(12-18)24-23(30)19-8-4-10-26(13-19)21(28)14-27-15-22(29)31-25-27/h2-3,5-7,9,11-12,15,19H,4,8,10,13-14H2,1H3,(H-,24,25,29,30)/p+1. The first kappa shape index (κ1) is 20.6. The highest BCUT2D eigenvalue weighted by atomic mass is 16.5. The molecule has 31 heavy (non-hydrogen) atoms. The summed E-state index contributed by atoms with van der Waals surface area (Å²) in [4.78, 5) is 38.2. The second kappa shape index (κ2) is 8.99. The Balaban J connectivity index is 1.39. The summed E-state index contributed by atoms with van der Waals surface area (Å²) in [5.41, 5.74) is 3.50. The number of hydrogen-bond acceptors (Lipinski definition) is 4. The zero-order chi connectivity index (χ0) is 21.8. The first-order valence-electron chi connectivity index (χ1n) is 10.3. The molecule has 1 aliphatic heterocycles. The lowest BCUT2D eigenvalue weighted by Gasteiger charge is -2.31. The molecule has 0 radical (unpaired) electrons. The van der Waals surface area contributed by atoms with Gasteiger partial charge in [0.25, 0.3) is 18.6 Å². The van der Waals surface area contributed by atoms with Gasteiger partial charge in [-0.05, 0) is 48.3 Å². The summed E-state index contributed by atoms with van der Waals surface area (Å²) in [5, 5.41) is 5.37. The van der Waals surface area contributed by atoms with Crippen LogP contribution in [0.5, 0.6) is 0 Å². The molecule has 2 amide bonds. The Morgan fingerprint density at radius 2 is 1.97 bits per heavy atom. The molecule has 2 N–H and O–H groups in total. The van der Waals surface area contributed by atoms with Crippen LogP contribution < -0.4 is 15.6 Å².